The highest BCUT2D eigenvalue weighted by Crippen LogP contribution is 2.14. The first kappa shape index (κ1) is 10.3. The van der Waals surface area contributed by atoms with Crippen LogP contribution < -0.4 is 5.32 Å². The zero-order valence-corrected chi connectivity index (χ0v) is 9.55. The van der Waals surface area contributed by atoms with E-state index < -0.39 is 0 Å². The van der Waals surface area contributed by atoms with Crippen LogP contribution in [0.4, 0.5) is 0 Å². The number of aromatic nitrogens is 1. The second kappa shape index (κ2) is 5.05. The number of hydrogen-bond donors (Lipinski definition) is 1. The van der Waals surface area contributed by atoms with Gasteiger partial charge in [-0.3, -0.25) is 4.98 Å². The minimum atomic E-state index is 0.832. The molecule has 0 unspecified atom stereocenters. The van der Waals surface area contributed by atoms with Gasteiger partial charge in [0.25, 0.3) is 0 Å². The molecule has 0 saturated heterocycles. The van der Waals surface area contributed by atoms with Gasteiger partial charge in [0.05, 0.1) is 5.69 Å². The third-order valence-electron chi connectivity index (χ3n) is 2.29. The summed E-state index contributed by atoms with van der Waals surface area (Å²) in [6.45, 7) is 3.91. The maximum absolute atomic E-state index is 4.26. The second-order valence-corrected chi connectivity index (χ2v) is 4.45. The van der Waals surface area contributed by atoms with Crippen LogP contribution in [0.25, 0.3) is 0 Å². The molecule has 0 bridgehead atoms. The van der Waals surface area contributed by atoms with E-state index in [1.807, 2.05) is 24.4 Å². The maximum atomic E-state index is 4.26. The van der Waals surface area contributed by atoms with Gasteiger partial charge in [-0.2, -0.15) is 0 Å². The Kier molecular flexibility index (Phi) is 3.48. The van der Waals surface area contributed by atoms with Crippen LogP contribution in [0.3, 0.4) is 0 Å². The third-order valence-corrected chi connectivity index (χ3v) is 3.31. The molecule has 0 aliphatic heterocycles. The molecule has 2 aromatic heterocycles. The van der Waals surface area contributed by atoms with Crippen molar-refractivity contribution >= 4 is 11.3 Å². The molecule has 2 nitrogen and oxygen atoms in total. The lowest BCUT2D eigenvalue weighted by atomic mass is 10.3. The Hall–Kier alpha value is -1.19. The summed E-state index contributed by atoms with van der Waals surface area (Å²) in [6.07, 6.45) is 1.83. The number of nitrogens with one attached hydrogen (secondary N) is 1. The normalized spacial score (nSPS) is 10.5. The van der Waals surface area contributed by atoms with E-state index in [1.165, 1.54) is 10.4 Å². The Bertz CT molecular complexity index is 409. The van der Waals surface area contributed by atoms with Gasteiger partial charge in [0.1, 0.15) is 0 Å². The van der Waals surface area contributed by atoms with Crippen molar-refractivity contribution in [3.8, 4) is 0 Å². The highest BCUT2D eigenvalue weighted by Gasteiger charge is 1.99. The van der Waals surface area contributed by atoms with Crippen LogP contribution in [0.15, 0.2) is 35.8 Å². The van der Waals surface area contributed by atoms with Gasteiger partial charge in [-0.1, -0.05) is 6.07 Å². The van der Waals surface area contributed by atoms with Crippen molar-refractivity contribution < 1.29 is 0 Å². The summed E-state index contributed by atoms with van der Waals surface area (Å²) in [5.41, 5.74) is 2.46. The number of rotatable bonds is 4. The lowest BCUT2D eigenvalue weighted by Gasteiger charge is -2.03. The Morgan fingerprint density at radius 3 is 2.87 bits per heavy atom. The van der Waals surface area contributed by atoms with Gasteiger partial charge in [-0.05, 0) is 36.1 Å². The minimum Gasteiger partial charge on any atom is -0.306 e. The van der Waals surface area contributed by atoms with Gasteiger partial charge in [0.2, 0.25) is 0 Å². The summed E-state index contributed by atoms with van der Waals surface area (Å²) in [5.74, 6) is 0. The van der Waals surface area contributed by atoms with Gasteiger partial charge in [-0.15, -0.1) is 11.3 Å². The van der Waals surface area contributed by atoms with E-state index in [2.05, 4.69) is 28.7 Å². The van der Waals surface area contributed by atoms with Crippen molar-refractivity contribution in [1.29, 1.82) is 0 Å². The Labute approximate surface area is 94.0 Å². The molecule has 2 heterocycles. The molecule has 78 valence electrons. The first-order valence-electron chi connectivity index (χ1n) is 5.00. The summed E-state index contributed by atoms with van der Waals surface area (Å²) in [7, 11) is 0. The monoisotopic (exact) mass is 218 g/mol. The summed E-state index contributed by atoms with van der Waals surface area (Å²) in [5, 5.41) is 5.52. The van der Waals surface area contributed by atoms with Crippen molar-refractivity contribution in [3.05, 3.63) is 52.0 Å². The third kappa shape index (κ3) is 2.88. The molecule has 0 radical (unpaired) electrons. The van der Waals surface area contributed by atoms with Gasteiger partial charge in [-0.25, -0.2) is 0 Å². The molecule has 0 atom stereocenters. The molecule has 0 aromatic carbocycles. The molecule has 0 saturated carbocycles. The molecular formula is C12H14N2S. The first-order chi connectivity index (χ1) is 7.36. The first-order valence-corrected chi connectivity index (χ1v) is 5.88. The zero-order chi connectivity index (χ0) is 10.5. The van der Waals surface area contributed by atoms with Gasteiger partial charge >= 0.3 is 0 Å². The average molecular weight is 218 g/mol. The van der Waals surface area contributed by atoms with Crippen molar-refractivity contribution in [1.82, 2.24) is 10.3 Å². The van der Waals surface area contributed by atoms with Crippen molar-refractivity contribution in [2.75, 3.05) is 0 Å². The fourth-order valence-corrected chi connectivity index (χ4v) is 2.27. The van der Waals surface area contributed by atoms with E-state index >= 15 is 0 Å². The summed E-state index contributed by atoms with van der Waals surface area (Å²) < 4.78 is 0. The largest absolute Gasteiger partial charge is 0.306 e. The van der Waals surface area contributed by atoms with Gasteiger partial charge < -0.3 is 5.32 Å². The number of nitrogens with zero attached hydrogens (tertiary/aromatic N) is 1. The van der Waals surface area contributed by atoms with Crippen molar-refractivity contribution in [2.45, 2.75) is 20.0 Å². The molecule has 2 rings (SSSR count). The SMILES string of the molecule is Cc1ccsc1CNCc1ccccn1. The number of hydrogen-bond acceptors (Lipinski definition) is 3. The highest BCUT2D eigenvalue weighted by atomic mass is 32.1. The van der Waals surface area contributed by atoms with Crippen LogP contribution in [0.5, 0.6) is 0 Å². The molecule has 15 heavy (non-hydrogen) atoms. The lowest BCUT2D eigenvalue weighted by molar-refractivity contribution is 0.684. The fourth-order valence-electron chi connectivity index (χ4n) is 1.39. The number of thiophene rings is 1. The standard InChI is InChI=1S/C12H14N2S/c1-10-5-7-15-12(10)9-13-8-11-4-2-3-6-14-11/h2-7,13H,8-9H2,1H3. The Morgan fingerprint density at radius 1 is 1.27 bits per heavy atom. The van der Waals surface area contributed by atoms with E-state index in [0.717, 1.165) is 18.8 Å². The van der Waals surface area contributed by atoms with E-state index in [4.69, 9.17) is 0 Å². The summed E-state index contributed by atoms with van der Waals surface area (Å²) in [6, 6.07) is 8.14. The van der Waals surface area contributed by atoms with Gasteiger partial charge in [0, 0.05) is 24.2 Å². The summed E-state index contributed by atoms with van der Waals surface area (Å²) in [4.78, 5) is 5.67. The number of aryl methyl sites for hydroxylation is 1. The summed E-state index contributed by atoms with van der Waals surface area (Å²) >= 11 is 1.80. The molecule has 2 aromatic rings. The molecule has 0 amide bonds. The molecule has 0 spiro atoms. The van der Waals surface area contributed by atoms with Gasteiger partial charge in [0.15, 0.2) is 0 Å². The second-order valence-electron chi connectivity index (χ2n) is 3.45. The predicted octanol–water partition coefficient (Wildman–Crippen LogP) is 2.74. The fraction of sp³-hybridized carbons (Fsp3) is 0.250. The predicted molar refractivity (Wildman–Crippen MR) is 63.8 cm³/mol. The average Bonchev–Trinajstić information content (AvgIpc) is 2.66. The quantitative estimate of drug-likeness (QED) is 0.853. The molecular weight excluding hydrogens is 204 g/mol. The highest BCUT2D eigenvalue weighted by molar-refractivity contribution is 7.10. The lowest BCUT2D eigenvalue weighted by Crippen LogP contribution is -2.13. The Balaban J connectivity index is 1.83. The molecule has 3 heteroatoms. The number of pyridine rings is 1. The maximum Gasteiger partial charge on any atom is 0.0541 e. The van der Waals surface area contributed by atoms with E-state index in [9.17, 15) is 0 Å². The zero-order valence-electron chi connectivity index (χ0n) is 8.73. The van der Waals surface area contributed by atoms with E-state index in [1.54, 1.807) is 11.3 Å². The smallest absolute Gasteiger partial charge is 0.0541 e. The van der Waals surface area contributed by atoms with Crippen LogP contribution in [0.1, 0.15) is 16.1 Å². The van der Waals surface area contributed by atoms with Crippen LogP contribution in [-0.2, 0) is 13.1 Å². The Morgan fingerprint density at radius 2 is 2.20 bits per heavy atom. The van der Waals surface area contributed by atoms with E-state index in [0.29, 0.717) is 0 Å². The van der Waals surface area contributed by atoms with Crippen molar-refractivity contribution in [3.63, 3.8) is 0 Å². The van der Waals surface area contributed by atoms with E-state index in [-0.39, 0.29) is 0 Å². The molecule has 0 fully saturated rings. The topological polar surface area (TPSA) is 24.9 Å². The van der Waals surface area contributed by atoms with Crippen LogP contribution in [0, 0.1) is 6.92 Å². The minimum absolute atomic E-state index is 0.832. The van der Waals surface area contributed by atoms with Crippen molar-refractivity contribution in [2.24, 2.45) is 0 Å². The van der Waals surface area contributed by atoms with Crippen LogP contribution in [0.2, 0.25) is 0 Å². The molecule has 0 aliphatic carbocycles. The molecule has 0 aliphatic rings. The van der Waals surface area contributed by atoms with Crippen LogP contribution in [-0.4, -0.2) is 4.98 Å². The van der Waals surface area contributed by atoms with Crippen LogP contribution >= 0.6 is 11.3 Å². The molecule has 1 N–H and O–H groups in total.